The van der Waals surface area contributed by atoms with E-state index in [-0.39, 0.29) is 36.0 Å². The Bertz CT molecular complexity index is 1220. The molecule has 35 heavy (non-hydrogen) atoms. The Hall–Kier alpha value is -2.91. The van der Waals surface area contributed by atoms with Gasteiger partial charge in [0.2, 0.25) is 5.91 Å². The molecule has 0 aliphatic carbocycles. The van der Waals surface area contributed by atoms with E-state index in [1.807, 2.05) is 34.8 Å². The molecule has 0 bridgehead atoms. The Labute approximate surface area is 204 Å². The van der Waals surface area contributed by atoms with Crippen molar-refractivity contribution in [1.82, 2.24) is 24.8 Å². The van der Waals surface area contributed by atoms with E-state index in [1.54, 1.807) is 6.20 Å². The van der Waals surface area contributed by atoms with Crippen molar-refractivity contribution in [3.05, 3.63) is 30.2 Å². The largest absolute Gasteiger partial charge is 0.394 e. The van der Waals surface area contributed by atoms with E-state index in [9.17, 15) is 14.7 Å². The van der Waals surface area contributed by atoms with Crippen molar-refractivity contribution in [2.24, 2.45) is 13.0 Å². The number of aryl methyl sites for hydroxylation is 1. The molecule has 1 unspecified atom stereocenters. The number of carbonyl (C=O) groups excluding carboxylic acids is 2. The van der Waals surface area contributed by atoms with Crippen molar-refractivity contribution in [3.8, 4) is 0 Å². The number of nitrogens with zero attached hydrogens (tertiary/aromatic N) is 3. The molecular formula is C26H35N5O4. The highest BCUT2D eigenvalue weighted by Crippen LogP contribution is 2.39. The van der Waals surface area contributed by atoms with E-state index in [4.69, 9.17) is 4.74 Å². The van der Waals surface area contributed by atoms with Crippen LogP contribution in [-0.2, 0) is 16.6 Å². The maximum Gasteiger partial charge on any atom is 0.270 e. The number of piperidine rings is 1. The van der Waals surface area contributed by atoms with Crippen LogP contribution in [0.25, 0.3) is 21.9 Å². The summed E-state index contributed by atoms with van der Waals surface area (Å²) in [5, 5.41) is 14.5. The number of aromatic nitrogens is 3. The van der Waals surface area contributed by atoms with Crippen LogP contribution in [0.4, 0.5) is 0 Å². The highest BCUT2D eigenvalue weighted by atomic mass is 16.5. The summed E-state index contributed by atoms with van der Waals surface area (Å²) in [6.45, 7) is 3.65. The average Bonchev–Trinajstić information content (AvgIpc) is 3.59. The number of nitrogens with one attached hydrogen (secondary N) is 2. The number of hydrogen-bond donors (Lipinski definition) is 3. The third kappa shape index (κ3) is 4.43. The number of rotatable bonds is 7. The first kappa shape index (κ1) is 23.8. The molecule has 3 N–H and O–H groups in total. The zero-order valence-corrected chi connectivity index (χ0v) is 20.5. The minimum atomic E-state index is -0.350. The second-order valence-electron chi connectivity index (χ2n) is 10.1. The normalized spacial score (nSPS) is 20.7. The minimum Gasteiger partial charge on any atom is -0.394 e. The summed E-state index contributed by atoms with van der Waals surface area (Å²) in [7, 11) is 1.93. The molecule has 2 aliphatic rings. The first-order valence-electron chi connectivity index (χ1n) is 12.7. The van der Waals surface area contributed by atoms with E-state index in [0.717, 1.165) is 54.0 Å². The highest BCUT2D eigenvalue weighted by Gasteiger charge is 2.46. The van der Waals surface area contributed by atoms with Crippen molar-refractivity contribution >= 4 is 33.8 Å². The fourth-order valence-electron chi connectivity index (χ4n) is 5.68. The van der Waals surface area contributed by atoms with Crippen LogP contribution in [0.15, 0.2) is 24.5 Å². The Kier molecular flexibility index (Phi) is 6.55. The van der Waals surface area contributed by atoms with Gasteiger partial charge in [0.05, 0.1) is 36.3 Å². The monoisotopic (exact) mass is 481 g/mol. The quantitative estimate of drug-likeness (QED) is 0.480. The van der Waals surface area contributed by atoms with Gasteiger partial charge >= 0.3 is 0 Å². The molecule has 9 heteroatoms. The van der Waals surface area contributed by atoms with Gasteiger partial charge in [-0.05, 0) is 37.8 Å². The second-order valence-corrected chi connectivity index (χ2v) is 10.1. The molecule has 0 radical (unpaired) electrons. The number of likely N-dealkylation sites (tertiary alicyclic amines) is 1. The maximum absolute atomic E-state index is 13.4. The van der Waals surface area contributed by atoms with Gasteiger partial charge in [0, 0.05) is 43.3 Å². The summed E-state index contributed by atoms with van der Waals surface area (Å²) in [5.41, 5.74) is 2.11. The molecule has 0 saturated carbocycles. The minimum absolute atomic E-state index is 0.0104. The number of aliphatic hydroxyl groups excluding tert-OH is 1. The van der Waals surface area contributed by atoms with Crippen molar-refractivity contribution in [2.45, 2.75) is 57.1 Å². The number of H-pyrrole nitrogens is 1. The van der Waals surface area contributed by atoms with E-state index >= 15 is 0 Å². The molecule has 188 valence electrons. The first-order valence-corrected chi connectivity index (χ1v) is 12.7. The molecule has 9 nitrogen and oxygen atoms in total. The molecule has 1 spiro atoms. The van der Waals surface area contributed by atoms with Crippen LogP contribution in [-0.4, -0.2) is 74.3 Å². The zero-order chi connectivity index (χ0) is 24.6. The molecule has 5 heterocycles. The summed E-state index contributed by atoms with van der Waals surface area (Å²) in [6, 6.07) is 3.71. The number of ether oxygens (including phenoxy) is 1. The SMILES string of the molecule is CCCCC(CO)NC(=O)[C@H]1COC2(CCN(C(=O)c3cc4cnc5[nH]ccc5c4n3C)CC2)C1. The molecule has 2 amide bonds. The van der Waals surface area contributed by atoms with E-state index in [0.29, 0.717) is 31.8 Å². The number of hydrogen-bond acceptors (Lipinski definition) is 5. The summed E-state index contributed by atoms with van der Waals surface area (Å²) >= 11 is 0. The number of aliphatic hydroxyl groups is 1. The summed E-state index contributed by atoms with van der Waals surface area (Å²) in [6.07, 6.45) is 8.56. The first-order chi connectivity index (χ1) is 16.9. The number of fused-ring (bicyclic) bond motifs is 3. The summed E-state index contributed by atoms with van der Waals surface area (Å²) < 4.78 is 8.14. The number of unbranched alkanes of at least 4 members (excludes halogenated alkanes) is 1. The van der Waals surface area contributed by atoms with Gasteiger partial charge in [-0.25, -0.2) is 4.98 Å². The second kappa shape index (κ2) is 9.62. The van der Waals surface area contributed by atoms with Crippen molar-refractivity contribution < 1.29 is 19.4 Å². The molecular weight excluding hydrogens is 446 g/mol. The zero-order valence-electron chi connectivity index (χ0n) is 20.5. The van der Waals surface area contributed by atoms with Gasteiger partial charge in [-0.2, -0.15) is 0 Å². The smallest absolute Gasteiger partial charge is 0.270 e. The molecule has 2 saturated heterocycles. The third-order valence-corrected chi connectivity index (χ3v) is 7.81. The van der Waals surface area contributed by atoms with Gasteiger partial charge in [-0.15, -0.1) is 0 Å². The topological polar surface area (TPSA) is 112 Å². The average molecular weight is 482 g/mol. The van der Waals surface area contributed by atoms with Crippen molar-refractivity contribution in [3.63, 3.8) is 0 Å². The van der Waals surface area contributed by atoms with Crippen molar-refractivity contribution in [1.29, 1.82) is 0 Å². The lowest BCUT2D eigenvalue weighted by Crippen LogP contribution is -2.47. The van der Waals surface area contributed by atoms with Gasteiger partial charge in [0.25, 0.3) is 5.91 Å². The fourth-order valence-corrected chi connectivity index (χ4v) is 5.68. The molecule has 0 aromatic carbocycles. The number of carbonyl (C=O) groups is 2. The molecule has 2 aliphatic heterocycles. The van der Waals surface area contributed by atoms with Crippen LogP contribution in [0.5, 0.6) is 0 Å². The lowest BCUT2D eigenvalue weighted by Gasteiger charge is -2.38. The van der Waals surface area contributed by atoms with Crippen LogP contribution in [0.1, 0.15) is 55.9 Å². The summed E-state index contributed by atoms with van der Waals surface area (Å²) in [4.78, 5) is 35.7. The van der Waals surface area contributed by atoms with Crippen molar-refractivity contribution in [2.75, 3.05) is 26.3 Å². The molecule has 2 fully saturated rings. The fraction of sp³-hybridized carbons (Fsp3) is 0.577. The maximum atomic E-state index is 13.4. The van der Waals surface area contributed by atoms with Gasteiger partial charge < -0.3 is 29.6 Å². The number of amides is 2. The Balaban J connectivity index is 1.22. The Morgan fingerprint density at radius 2 is 2.17 bits per heavy atom. The summed E-state index contributed by atoms with van der Waals surface area (Å²) in [5.74, 6) is -0.227. The van der Waals surface area contributed by atoms with Crippen LogP contribution >= 0.6 is 0 Å². The number of aromatic amines is 1. The number of pyridine rings is 1. The standard InChI is InChI=1S/C26H35N5O4/c1-3-4-5-19(15-32)29-24(33)18-13-26(35-16-18)7-10-31(11-8-26)25(34)21-12-17-14-28-23-20(6-9-27-23)22(17)30(21)2/h6,9,12,14,18-19,32H,3-5,7-8,10-11,13,15-16H2,1-2H3,(H,27,28)(H,29,33)/t18-,19?/m1/s1. The van der Waals surface area contributed by atoms with E-state index in [1.165, 1.54) is 0 Å². The Morgan fingerprint density at radius 3 is 2.91 bits per heavy atom. The van der Waals surface area contributed by atoms with E-state index < -0.39 is 0 Å². The Morgan fingerprint density at radius 1 is 1.37 bits per heavy atom. The van der Waals surface area contributed by atoms with Crippen LogP contribution in [0.3, 0.4) is 0 Å². The molecule has 5 rings (SSSR count). The van der Waals surface area contributed by atoms with Gasteiger partial charge in [0.1, 0.15) is 11.3 Å². The molecule has 3 aromatic heterocycles. The van der Waals surface area contributed by atoms with Gasteiger partial charge in [0.15, 0.2) is 0 Å². The van der Waals surface area contributed by atoms with Gasteiger partial charge in [-0.1, -0.05) is 19.8 Å². The van der Waals surface area contributed by atoms with Crippen LogP contribution in [0, 0.1) is 5.92 Å². The molecule has 2 atom stereocenters. The van der Waals surface area contributed by atoms with Crippen LogP contribution < -0.4 is 5.32 Å². The predicted molar refractivity (Wildman–Crippen MR) is 133 cm³/mol. The predicted octanol–water partition coefficient (Wildman–Crippen LogP) is 2.73. The lowest BCUT2D eigenvalue weighted by atomic mass is 9.85. The van der Waals surface area contributed by atoms with Crippen LogP contribution in [0.2, 0.25) is 0 Å². The lowest BCUT2D eigenvalue weighted by molar-refractivity contribution is -0.126. The highest BCUT2D eigenvalue weighted by molar-refractivity contribution is 6.07. The third-order valence-electron chi connectivity index (χ3n) is 7.81. The molecule has 3 aromatic rings. The van der Waals surface area contributed by atoms with Gasteiger partial charge in [-0.3, -0.25) is 9.59 Å². The van der Waals surface area contributed by atoms with E-state index in [2.05, 4.69) is 22.2 Å².